The zero-order chi connectivity index (χ0) is 18.3. The van der Waals surface area contributed by atoms with Crippen molar-refractivity contribution in [3.63, 3.8) is 0 Å². The molecule has 11 heteroatoms. The molecule has 0 radical (unpaired) electrons. The SMILES string of the molecule is Cc1ccc(N=C(I)C(F)(F)C(F)(F)C(F)(F)C(F)(F)Cl)cc1. The van der Waals surface area contributed by atoms with Gasteiger partial charge in [0, 0.05) is 0 Å². The van der Waals surface area contributed by atoms with E-state index in [4.69, 9.17) is 0 Å². The average molecular weight is 480 g/mol. The summed E-state index contributed by atoms with van der Waals surface area (Å²) in [5, 5.41) is -5.87. The van der Waals surface area contributed by atoms with E-state index < -0.39 is 26.9 Å². The molecule has 0 fully saturated rings. The van der Waals surface area contributed by atoms with Crippen molar-refractivity contribution in [3.8, 4) is 0 Å². The van der Waals surface area contributed by atoms with Crippen molar-refractivity contribution in [2.75, 3.05) is 0 Å². The molecule has 0 N–H and O–H groups in total. The van der Waals surface area contributed by atoms with Crippen LogP contribution in [-0.2, 0) is 0 Å². The summed E-state index contributed by atoms with van der Waals surface area (Å²) in [6.45, 7) is 1.64. The Bertz CT molecular complexity index is 594. The molecule has 0 aliphatic heterocycles. The molecule has 0 spiro atoms. The minimum atomic E-state index is -6.50. The summed E-state index contributed by atoms with van der Waals surface area (Å²) in [6, 6.07) is 5.13. The highest BCUT2D eigenvalue weighted by Gasteiger charge is 2.81. The fourth-order valence-electron chi connectivity index (χ4n) is 1.31. The molecule has 0 unspecified atom stereocenters. The van der Waals surface area contributed by atoms with Crippen molar-refractivity contribution in [2.24, 2.45) is 4.99 Å². The van der Waals surface area contributed by atoms with Crippen molar-refractivity contribution in [1.29, 1.82) is 0 Å². The Labute approximate surface area is 143 Å². The van der Waals surface area contributed by atoms with E-state index in [0.29, 0.717) is 28.2 Å². The van der Waals surface area contributed by atoms with Gasteiger partial charge in [0.15, 0.2) is 3.72 Å². The molecule has 0 aliphatic carbocycles. The fourth-order valence-corrected chi connectivity index (χ4v) is 2.04. The summed E-state index contributed by atoms with van der Waals surface area (Å²) in [5.41, 5.74) is 0.459. The van der Waals surface area contributed by atoms with Crippen LogP contribution in [-0.4, -0.2) is 26.9 Å². The van der Waals surface area contributed by atoms with Gasteiger partial charge in [0.2, 0.25) is 0 Å². The number of alkyl halides is 9. The Kier molecular flexibility index (Phi) is 5.62. The number of aliphatic imine (C=N–C) groups is 1. The summed E-state index contributed by atoms with van der Waals surface area (Å²) >= 11 is 4.45. The van der Waals surface area contributed by atoms with Gasteiger partial charge in [0.25, 0.3) is 0 Å². The minimum absolute atomic E-state index is 0.239. The van der Waals surface area contributed by atoms with E-state index in [-0.39, 0.29) is 5.69 Å². The van der Waals surface area contributed by atoms with E-state index in [1.165, 1.54) is 12.1 Å². The van der Waals surface area contributed by atoms with Crippen molar-refractivity contribution >= 4 is 43.6 Å². The van der Waals surface area contributed by atoms with Gasteiger partial charge in [0.05, 0.1) is 5.69 Å². The van der Waals surface area contributed by atoms with Crippen LogP contribution >= 0.6 is 34.2 Å². The second-order valence-corrected chi connectivity index (χ2v) is 5.96. The molecule has 0 aliphatic rings. The van der Waals surface area contributed by atoms with Gasteiger partial charge in [-0.3, -0.25) is 0 Å². The maximum atomic E-state index is 13.6. The van der Waals surface area contributed by atoms with Crippen molar-refractivity contribution < 1.29 is 35.1 Å². The van der Waals surface area contributed by atoms with Gasteiger partial charge in [-0.15, -0.1) is 0 Å². The average Bonchev–Trinajstić information content (AvgIpc) is 2.39. The fraction of sp³-hybridized carbons (Fsp3) is 0.417. The Morgan fingerprint density at radius 2 is 1.35 bits per heavy atom. The molecule has 0 amide bonds. The number of rotatable bonds is 5. The van der Waals surface area contributed by atoms with Gasteiger partial charge in [-0.1, -0.05) is 17.7 Å². The lowest BCUT2D eigenvalue weighted by atomic mass is 10.1. The topological polar surface area (TPSA) is 12.4 Å². The van der Waals surface area contributed by atoms with Crippen LogP contribution in [0.4, 0.5) is 40.8 Å². The van der Waals surface area contributed by atoms with Crippen LogP contribution < -0.4 is 0 Å². The third kappa shape index (κ3) is 3.72. The number of hydrogen-bond acceptors (Lipinski definition) is 1. The molecule has 0 aromatic heterocycles. The maximum Gasteiger partial charge on any atom is 0.393 e. The highest BCUT2D eigenvalue weighted by atomic mass is 127. The van der Waals surface area contributed by atoms with Crippen LogP contribution in [0.5, 0.6) is 0 Å². The third-order valence-electron chi connectivity index (χ3n) is 2.67. The normalized spacial score (nSPS) is 15.0. The number of aryl methyl sites for hydroxylation is 1. The van der Waals surface area contributed by atoms with Gasteiger partial charge < -0.3 is 0 Å². The summed E-state index contributed by atoms with van der Waals surface area (Å²) in [5.74, 6) is -18.6. The van der Waals surface area contributed by atoms with Crippen LogP contribution in [0.1, 0.15) is 5.56 Å². The van der Waals surface area contributed by atoms with Crippen LogP contribution in [0.25, 0.3) is 0 Å². The summed E-state index contributed by atoms with van der Waals surface area (Å²) < 4.78 is 103. The van der Waals surface area contributed by atoms with Gasteiger partial charge in [-0.25, -0.2) is 4.99 Å². The van der Waals surface area contributed by atoms with E-state index in [0.717, 1.165) is 12.1 Å². The molecular weight excluding hydrogens is 472 g/mol. The quantitative estimate of drug-likeness (QED) is 0.206. The van der Waals surface area contributed by atoms with E-state index in [2.05, 4.69) is 16.6 Å². The van der Waals surface area contributed by atoms with Crippen LogP contribution in [0.3, 0.4) is 0 Å². The summed E-state index contributed by atoms with van der Waals surface area (Å²) in [4.78, 5) is 3.09. The monoisotopic (exact) mass is 479 g/mol. The number of halogens is 10. The first kappa shape index (κ1) is 20.4. The molecule has 1 rings (SSSR count). The Balaban J connectivity index is 3.30. The second kappa shape index (κ2) is 6.34. The predicted molar refractivity (Wildman–Crippen MR) is 77.9 cm³/mol. The molecule has 1 aromatic rings. The van der Waals surface area contributed by atoms with Gasteiger partial charge in [-0.2, -0.15) is 35.1 Å². The number of benzene rings is 1. The van der Waals surface area contributed by atoms with E-state index in [1.54, 1.807) is 6.92 Å². The standard InChI is InChI=1S/C12H7ClF8IN/c1-6-2-4-7(5-3-6)23-8(22)9(14,15)10(16,17)11(18,19)12(13,20)21/h2-5H,1H3. The van der Waals surface area contributed by atoms with Crippen LogP contribution in [0, 0.1) is 6.92 Å². The molecule has 1 nitrogen and oxygen atoms in total. The van der Waals surface area contributed by atoms with Crippen molar-refractivity contribution in [3.05, 3.63) is 29.8 Å². The molecular formula is C12H7ClF8IN. The Morgan fingerprint density at radius 3 is 1.74 bits per heavy atom. The minimum Gasteiger partial charge on any atom is -0.240 e. The highest BCUT2D eigenvalue weighted by molar-refractivity contribution is 14.1. The van der Waals surface area contributed by atoms with Crippen molar-refractivity contribution in [2.45, 2.75) is 30.1 Å². The molecule has 130 valence electrons. The lowest BCUT2D eigenvalue weighted by Crippen LogP contribution is -2.62. The molecule has 0 heterocycles. The number of hydrogen-bond donors (Lipinski definition) is 0. The van der Waals surface area contributed by atoms with Gasteiger partial charge >= 0.3 is 23.1 Å². The zero-order valence-electron chi connectivity index (χ0n) is 11.0. The largest absolute Gasteiger partial charge is 0.393 e. The smallest absolute Gasteiger partial charge is 0.240 e. The zero-order valence-corrected chi connectivity index (χ0v) is 13.9. The first-order valence-corrected chi connectivity index (χ1v) is 7.12. The van der Waals surface area contributed by atoms with E-state index in [9.17, 15) is 35.1 Å². The lowest BCUT2D eigenvalue weighted by molar-refractivity contribution is -0.329. The Morgan fingerprint density at radius 1 is 0.913 bits per heavy atom. The predicted octanol–water partition coefficient (Wildman–Crippen LogP) is 6.20. The van der Waals surface area contributed by atoms with E-state index >= 15 is 0 Å². The van der Waals surface area contributed by atoms with Crippen molar-refractivity contribution in [1.82, 2.24) is 0 Å². The highest BCUT2D eigenvalue weighted by Crippen LogP contribution is 2.55. The molecule has 0 bridgehead atoms. The van der Waals surface area contributed by atoms with Crippen LogP contribution in [0.2, 0.25) is 0 Å². The first-order chi connectivity index (χ1) is 10.1. The van der Waals surface area contributed by atoms with Gasteiger partial charge in [-0.05, 0) is 53.2 Å². The molecule has 0 atom stereocenters. The third-order valence-corrected chi connectivity index (χ3v) is 3.82. The maximum absolute atomic E-state index is 13.6. The summed E-state index contributed by atoms with van der Waals surface area (Å²) in [6.07, 6.45) is 0. The van der Waals surface area contributed by atoms with Gasteiger partial charge in [0.1, 0.15) is 0 Å². The lowest BCUT2D eigenvalue weighted by Gasteiger charge is -2.33. The number of nitrogens with zero attached hydrogens (tertiary/aromatic N) is 1. The first-order valence-electron chi connectivity index (χ1n) is 5.66. The second-order valence-electron chi connectivity index (χ2n) is 4.46. The molecule has 23 heavy (non-hydrogen) atoms. The molecule has 1 aromatic carbocycles. The molecule has 0 saturated carbocycles. The molecule has 0 saturated heterocycles. The van der Waals surface area contributed by atoms with E-state index in [1.807, 2.05) is 0 Å². The Hall–Kier alpha value is -0.650. The van der Waals surface area contributed by atoms with Crippen LogP contribution in [0.15, 0.2) is 29.3 Å². The summed E-state index contributed by atoms with van der Waals surface area (Å²) in [7, 11) is 0.